The standard InChI is InChI=1S/C14H18F2N2.ClH/c15-12-2-1-10(13(16)7-12)8-18-6-4-14-11(9-18)3-5-17-14;/h1-2,7,11,14,17H,3-6,8-9H2;1H. The molecule has 0 aromatic heterocycles. The van der Waals surface area contributed by atoms with Crippen molar-refractivity contribution in [1.82, 2.24) is 10.2 Å². The van der Waals surface area contributed by atoms with E-state index in [0.29, 0.717) is 24.1 Å². The van der Waals surface area contributed by atoms with Gasteiger partial charge in [-0.05, 0) is 37.9 Å². The highest BCUT2D eigenvalue weighted by Crippen LogP contribution is 2.26. The topological polar surface area (TPSA) is 15.3 Å². The van der Waals surface area contributed by atoms with Crippen LogP contribution in [0.1, 0.15) is 18.4 Å². The molecular formula is C14H19ClF2N2. The summed E-state index contributed by atoms with van der Waals surface area (Å²) in [6.07, 6.45) is 2.35. The van der Waals surface area contributed by atoms with Crippen LogP contribution >= 0.6 is 12.4 Å². The third-order valence-electron chi connectivity index (χ3n) is 4.15. The summed E-state index contributed by atoms with van der Waals surface area (Å²) >= 11 is 0. The average Bonchev–Trinajstić information content (AvgIpc) is 2.80. The molecule has 106 valence electrons. The Labute approximate surface area is 118 Å². The van der Waals surface area contributed by atoms with Gasteiger partial charge in [-0.25, -0.2) is 8.78 Å². The molecule has 2 unspecified atom stereocenters. The lowest BCUT2D eigenvalue weighted by Crippen LogP contribution is -2.44. The molecule has 2 aliphatic heterocycles. The van der Waals surface area contributed by atoms with Crippen LogP contribution in [0, 0.1) is 17.6 Å². The molecule has 0 spiro atoms. The number of hydrogen-bond acceptors (Lipinski definition) is 2. The molecule has 1 aromatic carbocycles. The Morgan fingerprint density at radius 3 is 2.89 bits per heavy atom. The Morgan fingerprint density at radius 1 is 1.26 bits per heavy atom. The largest absolute Gasteiger partial charge is 0.314 e. The van der Waals surface area contributed by atoms with E-state index in [1.54, 1.807) is 6.07 Å². The fourth-order valence-corrected chi connectivity index (χ4v) is 3.16. The summed E-state index contributed by atoms with van der Waals surface area (Å²) in [5, 5.41) is 3.51. The molecule has 1 N–H and O–H groups in total. The van der Waals surface area contributed by atoms with E-state index in [1.807, 2.05) is 0 Å². The minimum Gasteiger partial charge on any atom is -0.314 e. The molecule has 2 saturated heterocycles. The first-order chi connectivity index (χ1) is 8.72. The van der Waals surface area contributed by atoms with E-state index in [2.05, 4.69) is 10.2 Å². The zero-order valence-corrected chi connectivity index (χ0v) is 11.6. The lowest BCUT2D eigenvalue weighted by molar-refractivity contribution is 0.154. The quantitative estimate of drug-likeness (QED) is 0.900. The van der Waals surface area contributed by atoms with Gasteiger partial charge in [-0.1, -0.05) is 6.07 Å². The molecule has 5 heteroatoms. The maximum atomic E-state index is 13.6. The normalized spacial score (nSPS) is 26.8. The van der Waals surface area contributed by atoms with Gasteiger partial charge in [0, 0.05) is 30.8 Å². The number of benzene rings is 1. The summed E-state index contributed by atoms with van der Waals surface area (Å²) in [5.74, 6) is -0.237. The SMILES string of the molecule is Cl.Fc1ccc(CN2CCC3NCCC3C2)c(F)c1. The van der Waals surface area contributed by atoms with Gasteiger partial charge in [0.05, 0.1) is 0 Å². The van der Waals surface area contributed by atoms with Gasteiger partial charge in [0.15, 0.2) is 0 Å². The van der Waals surface area contributed by atoms with Gasteiger partial charge in [-0.2, -0.15) is 0 Å². The zero-order chi connectivity index (χ0) is 12.5. The monoisotopic (exact) mass is 288 g/mol. The summed E-state index contributed by atoms with van der Waals surface area (Å²) in [7, 11) is 0. The minimum absolute atomic E-state index is 0. The van der Waals surface area contributed by atoms with Crippen molar-refractivity contribution in [3.8, 4) is 0 Å². The summed E-state index contributed by atoms with van der Waals surface area (Å²) in [5.41, 5.74) is 0.598. The zero-order valence-electron chi connectivity index (χ0n) is 10.7. The maximum Gasteiger partial charge on any atom is 0.130 e. The summed E-state index contributed by atoms with van der Waals surface area (Å²) < 4.78 is 26.4. The summed E-state index contributed by atoms with van der Waals surface area (Å²) in [4.78, 5) is 2.28. The first-order valence-electron chi connectivity index (χ1n) is 6.62. The molecule has 2 aliphatic rings. The van der Waals surface area contributed by atoms with Crippen molar-refractivity contribution in [3.63, 3.8) is 0 Å². The van der Waals surface area contributed by atoms with Gasteiger partial charge in [0.1, 0.15) is 11.6 Å². The number of rotatable bonds is 2. The van der Waals surface area contributed by atoms with Crippen molar-refractivity contribution in [2.24, 2.45) is 5.92 Å². The van der Waals surface area contributed by atoms with Crippen LogP contribution in [-0.4, -0.2) is 30.6 Å². The number of nitrogens with zero attached hydrogens (tertiary/aromatic N) is 1. The predicted octanol–water partition coefficient (Wildman–Crippen LogP) is 2.57. The molecule has 3 rings (SSSR count). The smallest absolute Gasteiger partial charge is 0.130 e. The van der Waals surface area contributed by atoms with E-state index < -0.39 is 11.6 Å². The van der Waals surface area contributed by atoms with Crippen LogP contribution in [0.3, 0.4) is 0 Å². The Morgan fingerprint density at radius 2 is 2.11 bits per heavy atom. The molecule has 2 nitrogen and oxygen atoms in total. The van der Waals surface area contributed by atoms with E-state index in [-0.39, 0.29) is 12.4 Å². The first kappa shape index (κ1) is 14.7. The fourth-order valence-electron chi connectivity index (χ4n) is 3.16. The highest BCUT2D eigenvalue weighted by molar-refractivity contribution is 5.85. The molecular weight excluding hydrogens is 270 g/mol. The molecule has 19 heavy (non-hydrogen) atoms. The molecule has 2 fully saturated rings. The Hall–Kier alpha value is -0.710. The molecule has 2 atom stereocenters. The van der Waals surface area contributed by atoms with Crippen LogP contribution in [0.25, 0.3) is 0 Å². The Kier molecular flexibility index (Phi) is 4.76. The molecule has 0 amide bonds. The molecule has 0 radical (unpaired) electrons. The first-order valence-corrected chi connectivity index (χ1v) is 6.62. The van der Waals surface area contributed by atoms with Crippen LogP contribution in [0.2, 0.25) is 0 Å². The summed E-state index contributed by atoms with van der Waals surface area (Å²) in [6.45, 7) is 3.71. The number of fused-ring (bicyclic) bond motifs is 1. The number of hydrogen-bond donors (Lipinski definition) is 1. The van der Waals surface area contributed by atoms with E-state index >= 15 is 0 Å². The minimum atomic E-state index is -0.505. The van der Waals surface area contributed by atoms with Crippen LogP contribution in [-0.2, 0) is 6.54 Å². The number of likely N-dealkylation sites (tertiary alicyclic amines) is 1. The van der Waals surface area contributed by atoms with Crippen LogP contribution in [0.15, 0.2) is 18.2 Å². The molecule has 2 heterocycles. The fraction of sp³-hybridized carbons (Fsp3) is 0.571. The van der Waals surface area contributed by atoms with E-state index in [0.717, 1.165) is 32.1 Å². The van der Waals surface area contributed by atoms with Gasteiger partial charge >= 0.3 is 0 Å². The Balaban J connectivity index is 0.00000133. The third-order valence-corrected chi connectivity index (χ3v) is 4.15. The van der Waals surface area contributed by atoms with Crippen LogP contribution in [0.5, 0.6) is 0 Å². The Bertz CT molecular complexity index is 441. The van der Waals surface area contributed by atoms with Gasteiger partial charge in [0.25, 0.3) is 0 Å². The second-order valence-electron chi connectivity index (χ2n) is 5.37. The highest BCUT2D eigenvalue weighted by atomic mass is 35.5. The van der Waals surface area contributed by atoms with E-state index in [9.17, 15) is 8.78 Å². The van der Waals surface area contributed by atoms with E-state index in [4.69, 9.17) is 0 Å². The maximum absolute atomic E-state index is 13.6. The van der Waals surface area contributed by atoms with Crippen molar-refractivity contribution in [1.29, 1.82) is 0 Å². The number of piperidine rings is 1. The van der Waals surface area contributed by atoms with Crippen molar-refractivity contribution in [2.75, 3.05) is 19.6 Å². The number of nitrogens with one attached hydrogen (secondary N) is 1. The average molecular weight is 289 g/mol. The summed E-state index contributed by atoms with van der Waals surface area (Å²) in [6, 6.07) is 4.52. The van der Waals surface area contributed by atoms with Gasteiger partial charge in [-0.3, -0.25) is 4.90 Å². The second kappa shape index (κ2) is 6.16. The van der Waals surface area contributed by atoms with Gasteiger partial charge in [-0.15, -0.1) is 12.4 Å². The molecule has 1 aromatic rings. The van der Waals surface area contributed by atoms with Crippen LogP contribution < -0.4 is 5.32 Å². The van der Waals surface area contributed by atoms with E-state index in [1.165, 1.54) is 12.5 Å². The molecule has 0 saturated carbocycles. The molecule has 0 aliphatic carbocycles. The van der Waals surface area contributed by atoms with Gasteiger partial charge in [0.2, 0.25) is 0 Å². The number of halogens is 3. The lowest BCUT2D eigenvalue weighted by atomic mass is 9.93. The lowest BCUT2D eigenvalue weighted by Gasteiger charge is -2.34. The van der Waals surface area contributed by atoms with Crippen molar-refractivity contribution in [3.05, 3.63) is 35.4 Å². The van der Waals surface area contributed by atoms with Crippen LogP contribution in [0.4, 0.5) is 8.78 Å². The third kappa shape index (κ3) is 3.25. The predicted molar refractivity (Wildman–Crippen MR) is 73.4 cm³/mol. The van der Waals surface area contributed by atoms with Gasteiger partial charge < -0.3 is 5.32 Å². The highest BCUT2D eigenvalue weighted by Gasteiger charge is 2.32. The van der Waals surface area contributed by atoms with Crippen molar-refractivity contribution >= 4 is 12.4 Å². The van der Waals surface area contributed by atoms with Crippen molar-refractivity contribution < 1.29 is 8.78 Å². The second-order valence-corrected chi connectivity index (χ2v) is 5.37. The van der Waals surface area contributed by atoms with Crippen molar-refractivity contribution in [2.45, 2.75) is 25.4 Å². The molecule has 0 bridgehead atoms.